The summed E-state index contributed by atoms with van der Waals surface area (Å²) in [6, 6.07) is 5.60. The van der Waals surface area contributed by atoms with Crippen LogP contribution in [-0.2, 0) is 6.54 Å². The first-order valence-electron chi connectivity index (χ1n) is 6.38. The highest BCUT2D eigenvalue weighted by Crippen LogP contribution is 2.22. The van der Waals surface area contributed by atoms with Crippen LogP contribution in [0.15, 0.2) is 35.8 Å². The summed E-state index contributed by atoms with van der Waals surface area (Å²) in [5.41, 5.74) is 1.57. The number of carbonyl (C=O) groups excluding carboxylic acids is 1. The van der Waals surface area contributed by atoms with Crippen LogP contribution in [0.1, 0.15) is 15.4 Å². The molecule has 1 amide bonds. The molecule has 2 heterocycles. The zero-order valence-electron chi connectivity index (χ0n) is 11.6. The van der Waals surface area contributed by atoms with Gasteiger partial charge < -0.3 is 4.57 Å². The maximum atomic E-state index is 12.3. The molecule has 112 valence electrons. The van der Waals surface area contributed by atoms with E-state index in [1.54, 1.807) is 13.0 Å². The zero-order valence-corrected chi connectivity index (χ0v) is 14.0. The first-order chi connectivity index (χ1) is 10.6. The van der Waals surface area contributed by atoms with Crippen LogP contribution in [0.3, 0.4) is 0 Å². The minimum atomic E-state index is -0.331. The van der Waals surface area contributed by atoms with Crippen molar-refractivity contribution < 1.29 is 4.79 Å². The highest BCUT2D eigenvalue weighted by atomic mass is 35.5. The van der Waals surface area contributed by atoms with Gasteiger partial charge in [-0.15, -0.1) is 11.7 Å². The molecule has 3 rings (SSSR count). The first kappa shape index (κ1) is 15.1. The fraction of sp³-hybridized carbons (Fsp3) is 0.143. The molecule has 0 aliphatic rings. The Labute approximate surface area is 139 Å². The average molecular weight is 351 g/mol. The summed E-state index contributed by atoms with van der Waals surface area (Å²) in [7, 11) is 0. The largest absolute Gasteiger partial charge is 0.312 e. The van der Waals surface area contributed by atoms with Crippen molar-refractivity contribution in [1.82, 2.24) is 14.2 Å². The highest BCUT2D eigenvalue weighted by Gasteiger charge is 2.13. The van der Waals surface area contributed by atoms with Crippen molar-refractivity contribution in [1.29, 1.82) is 0 Å². The number of carbonyl (C=O) groups is 1. The van der Waals surface area contributed by atoms with Gasteiger partial charge in [-0.1, -0.05) is 33.5 Å². The number of nitrogens with zero attached hydrogens (tertiary/aromatic N) is 4. The monoisotopic (exact) mass is 350 g/mol. The lowest BCUT2D eigenvalue weighted by molar-refractivity contribution is 0.100. The quantitative estimate of drug-likeness (QED) is 0.680. The second-order valence-electron chi connectivity index (χ2n) is 4.50. The lowest BCUT2D eigenvalue weighted by atomic mass is 10.3. The molecule has 0 aliphatic heterocycles. The maximum Gasteiger partial charge on any atom is 0.293 e. The number of aromatic nitrogens is 3. The molecule has 0 fully saturated rings. The lowest BCUT2D eigenvalue weighted by Crippen LogP contribution is -2.16. The Balaban J connectivity index is 2.19. The SMILES string of the molecule is C=CCn1c(=NC(=O)c2snnc2C)sc2cc(Cl)ccc21. The first-order valence-corrected chi connectivity index (χ1v) is 8.34. The number of aryl methyl sites for hydroxylation is 1. The van der Waals surface area contributed by atoms with Crippen molar-refractivity contribution >= 4 is 50.6 Å². The second kappa shape index (κ2) is 6.12. The lowest BCUT2D eigenvalue weighted by Gasteiger charge is -2.00. The van der Waals surface area contributed by atoms with Gasteiger partial charge in [-0.25, -0.2) is 0 Å². The van der Waals surface area contributed by atoms with Gasteiger partial charge in [-0.2, -0.15) is 4.99 Å². The number of allylic oxidation sites excluding steroid dienone is 1. The molecule has 3 aromatic rings. The van der Waals surface area contributed by atoms with Crippen molar-refractivity contribution in [3.05, 3.63) is 51.2 Å². The van der Waals surface area contributed by atoms with Crippen molar-refractivity contribution in [3.63, 3.8) is 0 Å². The average Bonchev–Trinajstić information content (AvgIpc) is 3.03. The molecule has 22 heavy (non-hydrogen) atoms. The molecule has 0 atom stereocenters. The zero-order chi connectivity index (χ0) is 15.7. The van der Waals surface area contributed by atoms with Crippen molar-refractivity contribution in [2.45, 2.75) is 13.5 Å². The van der Waals surface area contributed by atoms with E-state index in [0.29, 0.717) is 26.9 Å². The number of benzene rings is 1. The van der Waals surface area contributed by atoms with Crippen molar-refractivity contribution in [2.24, 2.45) is 4.99 Å². The second-order valence-corrected chi connectivity index (χ2v) is 6.70. The number of thiazole rings is 1. The van der Waals surface area contributed by atoms with Gasteiger partial charge in [0, 0.05) is 11.6 Å². The fourth-order valence-electron chi connectivity index (χ4n) is 2.00. The van der Waals surface area contributed by atoms with Crippen LogP contribution in [-0.4, -0.2) is 20.1 Å². The number of hydrogen-bond donors (Lipinski definition) is 0. The van der Waals surface area contributed by atoms with E-state index in [1.807, 2.05) is 22.8 Å². The molecule has 0 N–H and O–H groups in total. The number of fused-ring (bicyclic) bond motifs is 1. The summed E-state index contributed by atoms with van der Waals surface area (Å²) in [6.07, 6.45) is 1.77. The van der Waals surface area contributed by atoms with Gasteiger partial charge in [0.1, 0.15) is 4.88 Å². The van der Waals surface area contributed by atoms with Crippen molar-refractivity contribution in [2.75, 3.05) is 0 Å². The number of rotatable bonds is 3. The van der Waals surface area contributed by atoms with Crippen LogP contribution in [0.2, 0.25) is 5.02 Å². The third-order valence-electron chi connectivity index (χ3n) is 3.00. The molecule has 0 unspecified atom stereocenters. The van der Waals surface area contributed by atoms with Crippen LogP contribution in [0, 0.1) is 6.92 Å². The molecule has 5 nitrogen and oxygen atoms in total. The molecular weight excluding hydrogens is 340 g/mol. The van der Waals surface area contributed by atoms with Gasteiger partial charge in [-0.05, 0) is 36.7 Å². The van der Waals surface area contributed by atoms with E-state index in [-0.39, 0.29) is 5.91 Å². The maximum absolute atomic E-state index is 12.3. The molecule has 2 aromatic heterocycles. The Morgan fingerprint density at radius 3 is 3.05 bits per heavy atom. The van der Waals surface area contributed by atoms with Crippen LogP contribution < -0.4 is 4.80 Å². The smallest absolute Gasteiger partial charge is 0.293 e. The molecule has 0 saturated carbocycles. The van der Waals surface area contributed by atoms with Crippen LogP contribution in [0.4, 0.5) is 0 Å². The van der Waals surface area contributed by atoms with Crippen LogP contribution in [0.5, 0.6) is 0 Å². The summed E-state index contributed by atoms with van der Waals surface area (Å²) in [4.78, 5) is 17.6. The van der Waals surface area contributed by atoms with E-state index in [9.17, 15) is 4.79 Å². The van der Waals surface area contributed by atoms with E-state index in [0.717, 1.165) is 21.7 Å². The fourth-order valence-corrected chi connectivity index (χ4v) is 3.86. The Bertz CT molecular complexity index is 938. The summed E-state index contributed by atoms with van der Waals surface area (Å²) < 4.78 is 6.68. The summed E-state index contributed by atoms with van der Waals surface area (Å²) >= 11 is 8.50. The molecule has 8 heteroatoms. The number of halogens is 1. The molecule has 1 aromatic carbocycles. The van der Waals surface area contributed by atoms with Crippen LogP contribution >= 0.6 is 34.5 Å². The van der Waals surface area contributed by atoms with E-state index in [2.05, 4.69) is 21.2 Å². The predicted molar refractivity (Wildman–Crippen MR) is 89.6 cm³/mol. The van der Waals surface area contributed by atoms with Gasteiger partial charge in [0.2, 0.25) is 0 Å². The van der Waals surface area contributed by atoms with Gasteiger partial charge in [0.15, 0.2) is 4.80 Å². The summed E-state index contributed by atoms with van der Waals surface area (Å²) in [5, 5.41) is 4.50. The van der Waals surface area contributed by atoms with Gasteiger partial charge in [0.25, 0.3) is 5.91 Å². The minimum Gasteiger partial charge on any atom is -0.312 e. The van der Waals surface area contributed by atoms with Gasteiger partial charge >= 0.3 is 0 Å². The van der Waals surface area contributed by atoms with E-state index < -0.39 is 0 Å². The van der Waals surface area contributed by atoms with Gasteiger partial charge in [-0.3, -0.25) is 4.79 Å². The summed E-state index contributed by atoms with van der Waals surface area (Å²) in [5.74, 6) is -0.331. The van der Waals surface area contributed by atoms with E-state index in [1.165, 1.54) is 11.3 Å². The summed E-state index contributed by atoms with van der Waals surface area (Å²) in [6.45, 7) is 6.07. The third kappa shape index (κ3) is 2.75. The Morgan fingerprint density at radius 2 is 2.36 bits per heavy atom. The van der Waals surface area contributed by atoms with Crippen molar-refractivity contribution in [3.8, 4) is 0 Å². The minimum absolute atomic E-state index is 0.331. The molecule has 0 saturated heterocycles. The number of hydrogen-bond acceptors (Lipinski definition) is 5. The highest BCUT2D eigenvalue weighted by molar-refractivity contribution is 7.16. The van der Waals surface area contributed by atoms with Crippen LogP contribution in [0.25, 0.3) is 10.2 Å². The molecular formula is C14H11ClN4OS2. The topological polar surface area (TPSA) is 60.1 Å². The number of amides is 1. The normalized spacial score (nSPS) is 12.0. The predicted octanol–water partition coefficient (Wildman–Crippen LogP) is 3.44. The molecule has 0 aliphatic carbocycles. The Morgan fingerprint density at radius 1 is 1.55 bits per heavy atom. The van der Waals surface area contributed by atoms with E-state index >= 15 is 0 Å². The van der Waals surface area contributed by atoms with Gasteiger partial charge in [0.05, 0.1) is 15.9 Å². The molecule has 0 bridgehead atoms. The standard InChI is InChI=1S/C14H11ClN4OS2/c1-3-6-19-10-5-4-9(15)7-11(10)21-14(19)16-13(20)12-8(2)17-18-22-12/h3-5,7H,1,6H2,2H3. The van der Waals surface area contributed by atoms with E-state index in [4.69, 9.17) is 11.6 Å². The Hall–Kier alpha value is -1.83. The third-order valence-corrected chi connectivity index (χ3v) is 5.09. The Kier molecular flexibility index (Phi) is 4.19. The molecule has 0 radical (unpaired) electrons. The molecule has 0 spiro atoms.